The summed E-state index contributed by atoms with van der Waals surface area (Å²) < 4.78 is 5.30. The van der Waals surface area contributed by atoms with Crippen molar-refractivity contribution < 1.29 is 9.53 Å². The molecule has 6 nitrogen and oxygen atoms in total. The lowest BCUT2D eigenvalue weighted by molar-refractivity contribution is -0.118. The van der Waals surface area contributed by atoms with Gasteiger partial charge >= 0.3 is 0 Å². The van der Waals surface area contributed by atoms with E-state index in [1.807, 2.05) is 71.6 Å². The number of H-pyrrole nitrogens is 1. The zero-order valence-electron chi connectivity index (χ0n) is 15.4. The van der Waals surface area contributed by atoms with Crippen LogP contribution in [0.5, 0.6) is 5.75 Å². The molecule has 6 heteroatoms. The lowest BCUT2D eigenvalue weighted by Crippen LogP contribution is -2.39. The van der Waals surface area contributed by atoms with Gasteiger partial charge in [0.15, 0.2) is 0 Å². The van der Waals surface area contributed by atoms with Gasteiger partial charge in [0.1, 0.15) is 11.8 Å². The Balaban J connectivity index is 1.51. The summed E-state index contributed by atoms with van der Waals surface area (Å²) in [6.07, 6.45) is 4.43. The lowest BCUT2D eigenvalue weighted by Gasteiger charge is -2.26. The third-order valence-corrected chi connectivity index (χ3v) is 5.12. The number of carbonyl (C=O) groups excluding carboxylic acids is 1. The first-order chi connectivity index (χ1) is 13.2. The van der Waals surface area contributed by atoms with Gasteiger partial charge in [-0.3, -0.25) is 9.89 Å². The Morgan fingerprint density at radius 2 is 2.00 bits per heavy atom. The van der Waals surface area contributed by atoms with Crippen LogP contribution < -0.4 is 14.5 Å². The Morgan fingerprint density at radius 1 is 1.19 bits per heavy atom. The number of carbonyl (C=O) groups is 1. The normalized spacial score (nSPS) is 16.6. The summed E-state index contributed by atoms with van der Waals surface area (Å²) in [4.78, 5) is 16.9. The minimum Gasteiger partial charge on any atom is -0.497 e. The predicted octanol–water partition coefficient (Wildman–Crippen LogP) is 3.33. The van der Waals surface area contributed by atoms with Crippen LogP contribution in [0.2, 0.25) is 0 Å². The molecule has 0 spiro atoms. The fourth-order valence-corrected chi connectivity index (χ4v) is 3.53. The minimum atomic E-state index is -0.175. The summed E-state index contributed by atoms with van der Waals surface area (Å²) in [6, 6.07) is 15.7. The SMILES string of the molecule is COc1cccc(N(C)C2CCN(c3ccc(-c4cn[nH]c4)cc3)C2=O)c1. The fourth-order valence-electron chi connectivity index (χ4n) is 3.53. The molecule has 1 atom stereocenters. The van der Waals surface area contributed by atoms with Crippen molar-refractivity contribution in [3.63, 3.8) is 0 Å². The number of nitrogens with zero attached hydrogens (tertiary/aromatic N) is 3. The molecule has 4 rings (SSSR count). The Labute approximate surface area is 158 Å². The van der Waals surface area contributed by atoms with Crippen molar-refractivity contribution in [3.8, 4) is 16.9 Å². The maximum Gasteiger partial charge on any atom is 0.249 e. The number of likely N-dealkylation sites (N-methyl/N-ethyl adjacent to an activating group) is 1. The van der Waals surface area contributed by atoms with E-state index in [9.17, 15) is 4.79 Å². The summed E-state index contributed by atoms with van der Waals surface area (Å²) in [5.74, 6) is 0.910. The molecule has 2 aromatic carbocycles. The van der Waals surface area contributed by atoms with E-state index in [0.29, 0.717) is 6.54 Å². The molecule has 138 valence electrons. The highest BCUT2D eigenvalue weighted by atomic mass is 16.5. The van der Waals surface area contributed by atoms with E-state index in [4.69, 9.17) is 4.74 Å². The smallest absolute Gasteiger partial charge is 0.249 e. The van der Waals surface area contributed by atoms with Crippen LogP contribution in [-0.2, 0) is 4.79 Å². The van der Waals surface area contributed by atoms with E-state index >= 15 is 0 Å². The van der Waals surface area contributed by atoms with Crippen molar-refractivity contribution >= 4 is 17.3 Å². The van der Waals surface area contributed by atoms with Crippen molar-refractivity contribution in [1.82, 2.24) is 10.2 Å². The second-order valence-electron chi connectivity index (χ2n) is 6.64. The molecular formula is C21H22N4O2. The van der Waals surface area contributed by atoms with E-state index < -0.39 is 0 Å². The maximum atomic E-state index is 13.0. The highest BCUT2D eigenvalue weighted by molar-refractivity contribution is 6.01. The molecule has 0 bridgehead atoms. The third kappa shape index (κ3) is 3.26. The molecule has 1 unspecified atom stereocenters. The molecular weight excluding hydrogens is 340 g/mol. The number of hydrogen-bond donors (Lipinski definition) is 1. The van der Waals surface area contributed by atoms with Crippen LogP contribution in [0, 0.1) is 0 Å². The van der Waals surface area contributed by atoms with Gasteiger partial charge in [-0.1, -0.05) is 18.2 Å². The highest BCUT2D eigenvalue weighted by Crippen LogP contribution is 2.29. The van der Waals surface area contributed by atoms with Crippen LogP contribution in [-0.4, -0.2) is 42.8 Å². The van der Waals surface area contributed by atoms with E-state index in [1.165, 1.54) is 0 Å². The Kier molecular flexibility index (Phi) is 4.54. The van der Waals surface area contributed by atoms with Gasteiger partial charge in [-0.05, 0) is 36.2 Å². The van der Waals surface area contributed by atoms with Crippen LogP contribution in [0.3, 0.4) is 0 Å². The zero-order valence-corrected chi connectivity index (χ0v) is 15.4. The molecule has 3 aromatic rings. The second kappa shape index (κ2) is 7.15. The summed E-state index contributed by atoms with van der Waals surface area (Å²) in [5, 5.41) is 6.79. The highest BCUT2D eigenvalue weighted by Gasteiger charge is 2.35. The van der Waals surface area contributed by atoms with Crippen LogP contribution >= 0.6 is 0 Å². The maximum absolute atomic E-state index is 13.0. The molecule has 1 N–H and O–H groups in total. The first-order valence-corrected chi connectivity index (χ1v) is 8.95. The van der Waals surface area contributed by atoms with Gasteiger partial charge in [0.05, 0.1) is 13.3 Å². The van der Waals surface area contributed by atoms with Crippen LogP contribution in [0.4, 0.5) is 11.4 Å². The topological polar surface area (TPSA) is 61.5 Å². The summed E-state index contributed by atoms with van der Waals surface area (Å²) >= 11 is 0. The van der Waals surface area contributed by atoms with Gasteiger partial charge in [-0.25, -0.2) is 0 Å². The van der Waals surface area contributed by atoms with Crippen molar-refractivity contribution in [3.05, 3.63) is 60.9 Å². The van der Waals surface area contributed by atoms with Crippen LogP contribution in [0.1, 0.15) is 6.42 Å². The molecule has 0 saturated carbocycles. The number of nitrogens with one attached hydrogen (secondary N) is 1. The second-order valence-corrected chi connectivity index (χ2v) is 6.64. The molecule has 1 fully saturated rings. The largest absolute Gasteiger partial charge is 0.497 e. The van der Waals surface area contributed by atoms with E-state index in [0.717, 1.165) is 34.7 Å². The molecule has 0 radical (unpaired) electrons. The molecule has 2 heterocycles. The Bertz CT molecular complexity index is 922. The van der Waals surface area contributed by atoms with Gasteiger partial charge in [-0.15, -0.1) is 0 Å². The van der Waals surface area contributed by atoms with Gasteiger partial charge in [0.2, 0.25) is 5.91 Å². The molecule has 1 amide bonds. The van der Waals surface area contributed by atoms with E-state index in [2.05, 4.69) is 10.2 Å². The van der Waals surface area contributed by atoms with Crippen molar-refractivity contribution in [2.75, 3.05) is 30.5 Å². The zero-order chi connectivity index (χ0) is 18.8. The van der Waals surface area contributed by atoms with E-state index in [-0.39, 0.29) is 11.9 Å². The van der Waals surface area contributed by atoms with Gasteiger partial charge in [-0.2, -0.15) is 5.10 Å². The Hall–Kier alpha value is -3.28. The lowest BCUT2D eigenvalue weighted by atomic mass is 10.1. The number of amides is 1. The van der Waals surface area contributed by atoms with Gasteiger partial charge in [0.25, 0.3) is 0 Å². The number of anilines is 2. The number of benzene rings is 2. The number of aromatic amines is 1. The predicted molar refractivity (Wildman–Crippen MR) is 106 cm³/mol. The molecule has 1 aromatic heterocycles. The monoisotopic (exact) mass is 362 g/mol. The standard InChI is InChI=1S/C21H22N4O2/c1-24(18-4-3-5-19(12-18)27-2)20-10-11-25(21(20)26)17-8-6-15(7-9-17)16-13-22-23-14-16/h3-9,12-14,20H,10-11H2,1-2H3,(H,22,23). The van der Waals surface area contributed by atoms with Crippen molar-refractivity contribution in [2.45, 2.75) is 12.5 Å². The number of aromatic nitrogens is 2. The van der Waals surface area contributed by atoms with Gasteiger partial charge < -0.3 is 14.5 Å². The molecule has 27 heavy (non-hydrogen) atoms. The van der Waals surface area contributed by atoms with E-state index in [1.54, 1.807) is 13.3 Å². The third-order valence-electron chi connectivity index (χ3n) is 5.12. The Morgan fingerprint density at radius 3 is 2.70 bits per heavy atom. The summed E-state index contributed by atoms with van der Waals surface area (Å²) in [7, 11) is 3.61. The average Bonchev–Trinajstić information content (AvgIpc) is 3.38. The molecule has 1 aliphatic rings. The first kappa shape index (κ1) is 17.1. The summed E-state index contributed by atoms with van der Waals surface area (Å²) in [6.45, 7) is 0.711. The molecule has 0 aliphatic carbocycles. The fraction of sp³-hybridized carbons (Fsp3) is 0.238. The molecule has 1 aliphatic heterocycles. The molecule has 1 saturated heterocycles. The minimum absolute atomic E-state index is 0.122. The number of rotatable bonds is 5. The number of methoxy groups -OCH3 is 1. The van der Waals surface area contributed by atoms with Gasteiger partial charge in [0, 0.05) is 42.8 Å². The van der Waals surface area contributed by atoms with Crippen molar-refractivity contribution in [2.24, 2.45) is 0 Å². The van der Waals surface area contributed by atoms with Crippen molar-refractivity contribution in [1.29, 1.82) is 0 Å². The van der Waals surface area contributed by atoms with Crippen LogP contribution in [0.15, 0.2) is 60.9 Å². The van der Waals surface area contributed by atoms with Crippen LogP contribution in [0.25, 0.3) is 11.1 Å². The number of hydrogen-bond acceptors (Lipinski definition) is 4. The number of ether oxygens (including phenoxy) is 1. The first-order valence-electron chi connectivity index (χ1n) is 8.95. The quantitative estimate of drug-likeness (QED) is 0.756. The average molecular weight is 362 g/mol. The summed E-state index contributed by atoms with van der Waals surface area (Å²) in [5.41, 5.74) is 4.01.